The van der Waals surface area contributed by atoms with Crippen molar-refractivity contribution in [2.24, 2.45) is 0 Å². The Labute approximate surface area is 53.4 Å². The van der Waals surface area contributed by atoms with Crippen molar-refractivity contribution in [2.45, 2.75) is 20.0 Å². The van der Waals surface area contributed by atoms with E-state index in [2.05, 4.69) is 9.47 Å². The summed E-state index contributed by atoms with van der Waals surface area (Å²) in [6, 6.07) is 0. The van der Waals surface area contributed by atoms with Gasteiger partial charge in [0.25, 0.3) is 0 Å². The summed E-state index contributed by atoms with van der Waals surface area (Å²) in [4.78, 5) is 10.2. The molecule has 0 aromatic rings. The molecule has 0 bridgehead atoms. The van der Waals surface area contributed by atoms with Gasteiger partial charge in [0, 0.05) is 0 Å². The van der Waals surface area contributed by atoms with Gasteiger partial charge in [-0.05, 0) is 13.8 Å². The minimum atomic E-state index is -0.903. The summed E-state index contributed by atoms with van der Waals surface area (Å²) in [6.07, 6.45) is -1.14. The van der Waals surface area contributed by atoms with Gasteiger partial charge in [-0.3, -0.25) is 0 Å². The van der Waals surface area contributed by atoms with Gasteiger partial charge in [0.05, 0.1) is 6.10 Å². The average molecular weight is 133 g/mol. The maximum Gasteiger partial charge on any atom is 0.510 e. The van der Waals surface area contributed by atoms with Crippen molar-refractivity contribution in [1.82, 2.24) is 0 Å². The largest absolute Gasteiger partial charge is 0.510 e. The Hall–Kier alpha value is -0.770. The molecular formula is C5H9O4. The Morgan fingerprint density at radius 3 is 2.44 bits per heavy atom. The van der Waals surface area contributed by atoms with Crippen molar-refractivity contribution < 1.29 is 19.4 Å². The van der Waals surface area contributed by atoms with Gasteiger partial charge in [0.1, 0.15) is 0 Å². The number of ether oxygens (including phenoxy) is 2. The molecule has 0 aromatic heterocycles. The van der Waals surface area contributed by atoms with Crippen LogP contribution in [-0.4, -0.2) is 19.1 Å². The van der Waals surface area contributed by atoms with E-state index >= 15 is 0 Å². The van der Waals surface area contributed by atoms with Crippen LogP contribution < -0.4 is 0 Å². The molecule has 0 aliphatic heterocycles. The molecule has 0 rings (SSSR count). The molecule has 1 radical (unpaired) electrons. The highest BCUT2D eigenvalue weighted by molar-refractivity contribution is 5.59. The highest BCUT2D eigenvalue weighted by Crippen LogP contribution is 1.90. The van der Waals surface area contributed by atoms with Gasteiger partial charge in [0.15, 0.2) is 0 Å². The summed E-state index contributed by atoms with van der Waals surface area (Å²) in [5.41, 5.74) is 0. The molecule has 0 aromatic carbocycles. The second-order valence-electron chi connectivity index (χ2n) is 1.68. The first-order valence-corrected chi connectivity index (χ1v) is 2.58. The lowest BCUT2D eigenvalue weighted by Gasteiger charge is -2.04. The van der Waals surface area contributed by atoms with Gasteiger partial charge in [-0.25, -0.2) is 4.79 Å². The molecule has 0 saturated heterocycles. The molecular weight excluding hydrogens is 124 g/mol. The van der Waals surface area contributed by atoms with Crippen molar-refractivity contribution >= 4 is 6.16 Å². The third-order valence-corrected chi connectivity index (χ3v) is 0.509. The van der Waals surface area contributed by atoms with E-state index in [0.717, 1.165) is 0 Å². The van der Waals surface area contributed by atoms with Crippen molar-refractivity contribution in [3.63, 3.8) is 0 Å². The van der Waals surface area contributed by atoms with E-state index < -0.39 is 12.9 Å². The maximum atomic E-state index is 10.2. The van der Waals surface area contributed by atoms with Crippen LogP contribution >= 0.6 is 0 Å². The molecule has 0 N–H and O–H groups in total. The topological polar surface area (TPSA) is 55.4 Å². The first-order valence-electron chi connectivity index (χ1n) is 2.58. The quantitative estimate of drug-likeness (QED) is 0.416. The summed E-state index contributed by atoms with van der Waals surface area (Å²) < 4.78 is 8.37. The first kappa shape index (κ1) is 8.23. The molecule has 4 heteroatoms. The van der Waals surface area contributed by atoms with Crippen LogP contribution in [0.25, 0.3) is 0 Å². The van der Waals surface area contributed by atoms with E-state index in [1.165, 1.54) is 0 Å². The predicted octanol–water partition coefficient (Wildman–Crippen LogP) is 0.936. The van der Waals surface area contributed by atoms with Crippen LogP contribution in [0.3, 0.4) is 0 Å². The van der Waals surface area contributed by atoms with Crippen LogP contribution in [0.5, 0.6) is 0 Å². The van der Waals surface area contributed by atoms with Gasteiger partial charge in [-0.2, -0.15) is 5.11 Å². The zero-order valence-electron chi connectivity index (χ0n) is 5.42. The Morgan fingerprint density at radius 2 is 2.11 bits per heavy atom. The van der Waals surface area contributed by atoms with Crippen LogP contribution in [0.4, 0.5) is 4.79 Å². The monoisotopic (exact) mass is 133 g/mol. The molecule has 9 heavy (non-hydrogen) atoms. The molecule has 0 spiro atoms. The van der Waals surface area contributed by atoms with Crippen LogP contribution in [0.1, 0.15) is 13.8 Å². The molecule has 0 aliphatic carbocycles. The van der Waals surface area contributed by atoms with Gasteiger partial charge in [-0.1, -0.05) is 0 Å². The smallest absolute Gasteiger partial charge is 0.432 e. The minimum absolute atomic E-state index is 0.232. The first-order chi connectivity index (χ1) is 4.16. The molecule has 0 aliphatic rings. The molecule has 53 valence electrons. The summed E-state index contributed by atoms with van der Waals surface area (Å²) in [7, 11) is 0. The van der Waals surface area contributed by atoms with Crippen molar-refractivity contribution in [3.05, 3.63) is 0 Å². The maximum absolute atomic E-state index is 10.2. The minimum Gasteiger partial charge on any atom is -0.432 e. The Morgan fingerprint density at radius 1 is 1.56 bits per heavy atom. The lowest BCUT2D eigenvalue weighted by molar-refractivity contribution is -0.0439. The molecule has 0 amide bonds. The van der Waals surface area contributed by atoms with Gasteiger partial charge >= 0.3 is 6.16 Å². The van der Waals surface area contributed by atoms with E-state index in [0.29, 0.717) is 0 Å². The van der Waals surface area contributed by atoms with E-state index in [1.807, 2.05) is 0 Å². The SMILES string of the molecule is CC(C)OC(=O)OC[O]. The number of carbonyl (C=O) groups is 1. The van der Waals surface area contributed by atoms with E-state index in [1.54, 1.807) is 13.8 Å². The molecule has 4 nitrogen and oxygen atoms in total. The van der Waals surface area contributed by atoms with Crippen LogP contribution in [-0.2, 0) is 14.6 Å². The van der Waals surface area contributed by atoms with Gasteiger partial charge in [-0.15, -0.1) is 0 Å². The Balaban J connectivity index is 3.27. The molecule has 0 saturated carbocycles. The summed E-state index contributed by atoms with van der Waals surface area (Å²) >= 11 is 0. The average Bonchev–Trinajstić information content (AvgIpc) is 1.63. The van der Waals surface area contributed by atoms with Crippen LogP contribution in [0.15, 0.2) is 0 Å². The molecule has 0 unspecified atom stereocenters. The summed E-state index contributed by atoms with van der Waals surface area (Å²) in [6.45, 7) is 2.46. The number of hydrogen-bond acceptors (Lipinski definition) is 3. The molecule has 0 fully saturated rings. The fourth-order valence-electron chi connectivity index (χ4n) is 0.275. The van der Waals surface area contributed by atoms with Gasteiger partial charge in [0.2, 0.25) is 6.79 Å². The second-order valence-corrected chi connectivity index (χ2v) is 1.68. The molecule has 0 heterocycles. The summed E-state index contributed by atoms with van der Waals surface area (Å²) in [5.74, 6) is 0. The van der Waals surface area contributed by atoms with Crippen molar-refractivity contribution in [3.8, 4) is 0 Å². The number of hydrogen-bond donors (Lipinski definition) is 0. The van der Waals surface area contributed by atoms with E-state index in [9.17, 15) is 9.90 Å². The van der Waals surface area contributed by atoms with E-state index in [4.69, 9.17) is 0 Å². The van der Waals surface area contributed by atoms with E-state index in [-0.39, 0.29) is 6.10 Å². The highest BCUT2D eigenvalue weighted by atomic mass is 16.8. The molecule has 0 atom stereocenters. The lowest BCUT2D eigenvalue weighted by Crippen LogP contribution is -2.12. The third-order valence-electron chi connectivity index (χ3n) is 0.509. The fraction of sp³-hybridized carbons (Fsp3) is 0.800. The zero-order chi connectivity index (χ0) is 7.28. The lowest BCUT2D eigenvalue weighted by atomic mass is 10.5. The second kappa shape index (κ2) is 4.14. The Bertz CT molecular complexity index is 89.0. The normalized spacial score (nSPS) is 9.33. The van der Waals surface area contributed by atoms with Crippen LogP contribution in [0.2, 0.25) is 0 Å². The zero-order valence-corrected chi connectivity index (χ0v) is 5.42. The van der Waals surface area contributed by atoms with Crippen molar-refractivity contribution in [1.29, 1.82) is 0 Å². The third kappa shape index (κ3) is 5.10. The van der Waals surface area contributed by atoms with Crippen molar-refractivity contribution in [2.75, 3.05) is 6.79 Å². The predicted molar refractivity (Wildman–Crippen MR) is 28.3 cm³/mol. The number of rotatable bonds is 2. The standard InChI is InChI=1S/C5H9O4/c1-4(2)9-5(7)8-3-6/h4H,3H2,1-2H3. The fourth-order valence-corrected chi connectivity index (χ4v) is 0.275. The van der Waals surface area contributed by atoms with Crippen LogP contribution in [0, 0.1) is 0 Å². The highest BCUT2D eigenvalue weighted by Gasteiger charge is 2.03. The summed E-state index contributed by atoms with van der Waals surface area (Å²) in [5, 5.41) is 9.60. The van der Waals surface area contributed by atoms with Gasteiger partial charge < -0.3 is 9.47 Å². The Kier molecular flexibility index (Phi) is 3.79. The number of carbonyl (C=O) groups excluding carboxylic acids is 1.